The van der Waals surface area contributed by atoms with E-state index in [4.69, 9.17) is 10.5 Å². The Morgan fingerprint density at radius 3 is 2.89 bits per heavy atom. The fourth-order valence-electron chi connectivity index (χ4n) is 1.26. The number of nitrogens with zero attached hydrogens (tertiary/aromatic N) is 3. The summed E-state index contributed by atoms with van der Waals surface area (Å²) in [4.78, 5) is 15.6. The van der Waals surface area contributed by atoms with E-state index in [1.807, 2.05) is 0 Å². The maximum absolute atomic E-state index is 11.6. The SMILES string of the molecule is COc1ccc(CNC(=O)c2nonc2N)cn1. The highest BCUT2D eigenvalue weighted by Crippen LogP contribution is 2.07. The molecule has 94 valence electrons. The second-order valence-electron chi connectivity index (χ2n) is 3.39. The summed E-state index contributed by atoms with van der Waals surface area (Å²) in [5, 5.41) is 9.33. The first-order chi connectivity index (χ1) is 8.70. The molecule has 0 unspecified atom stereocenters. The van der Waals surface area contributed by atoms with E-state index in [-0.39, 0.29) is 11.5 Å². The third kappa shape index (κ3) is 2.54. The van der Waals surface area contributed by atoms with E-state index in [1.54, 1.807) is 18.3 Å². The van der Waals surface area contributed by atoms with Gasteiger partial charge in [0.05, 0.1) is 7.11 Å². The fraction of sp³-hybridized carbons (Fsp3) is 0.200. The number of nitrogens with one attached hydrogen (secondary N) is 1. The van der Waals surface area contributed by atoms with Crippen LogP contribution >= 0.6 is 0 Å². The Morgan fingerprint density at radius 1 is 1.50 bits per heavy atom. The van der Waals surface area contributed by atoms with Crippen LogP contribution < -0.4 is 15.8 Å². The number of methoxy groups -OCH3 is 1. The van der Waals surface area contributed by atoms with E-state index < -0.39 is 5.91 Å². The minimum absolute atomic E-state index is 0.0310. The molecule has 0 radical (unpaired) electrons. The van der Waals surface area contributed by atoms with Crippen LogP contribution in [0.1, 0.15) is 16.1 Å². The van der Waals surface area contributed by atoms with E-state index in [9.17, 15) is 4.79 Å². The number of aromatic nitrogens is 3. The molecule has 8 heteroatoms. The molecule has 2 heterocycles. The Kier molecular flexibility index (Phi) is 3.37. The van der Waals surface area contributed by atoms with Gasteiger partial charge < -0.3 is 15.8 Å². The highest BCUT2D eigenvalue weighted by molar-refractivity contribution is 5.95. The predicted molar refractivity (Wildman–Crippen MR) is 60.7 cm³/mol. The van der Waals surface area contributed by atoms with Gasteiger partial charge in [-0.2, -0.15) is 0 Å². The van der Waals surface area contributed by atoms with Crippen LogP contribution in [0.3, 0.4) is 0 Å². The van der Waals surface area contributed by atoms with Crippen LogP contribution in [0.15, 0.2) is 23.0 Å². The van der Waals surface area contributed by atoms with Crippen LogP contribution in [0.4, 0.5) is 5.82 Å². The van der Waals surface area contributed by atoms with Crippen molar-refractivity contribution >= 4 is 11.7 Å². The van der Waals surface area contributed by atoms with Crippen LogP contribution in [-0.2, 0) is 6.54 Å². The van der Waals surface area contributed by atoms with Gasteiger partial charge in [-0.3, -0.25) is 4.79 Å². The molecular formula is C10H11N5O3. The Morgan fingerprint density at radius 2 is 2.33 bits per heavy atom. The maximum Gasteiger partial charge on any atom is 0.277 e. The molecule has 3 N–H and O–H groups in total. The van der Waals surface area contributed by atoms with Crippen molar-refractivity contribution in [1.82, 2.24) is 20.6 Å². The molecule has 0 saturated heterocycles. The fourth-order valence-corrected chi connectivity index (χ4v) is 1.26. The molecule has 0 atom stereocenters. The monoisotopic (exact) mass is 249 g/mol. The summed E-state index contributed by atoms with van der Waals surface area (Å²) in [6, 6.07) is 3.49. The largest absolute Gasteiger partial charge is 0.481 e. The van der Waals surface area contributed by atoms with Crippen LogP contribution in [0.5, 0.6) is 5.88 Å². The van der Waals surface area contributed by atoms with Crippen molar-refractivity contribution in [2.45, 2.75) is 6.54 Å². The van der Waals surface area contributed by atoms with E-state index in [1.165, 1.54) is 7.11 Å². The second kappa shape index (κ2) is 5.13. The summed E-state index contributed by atoms with van der Waals surface area (Å²) >= 11 is 0. The average Bonchev–Trinajstić information content (AvgIpc) is 2.83. The number of nitrogen functional groups attached to an aromatic ring is 1. The number of rotatable bonds is 4. The lowest BCUT2D eigenvalue weighted by atomic mass is 10.3. The molecule has 0 fully saturated rings. The quantitative estimate of drug-likeness (QED) is 0.782. The average molecular weight is 249 g/mol. The highest BCUT2D eigenvalue weighted by atomic mass is 16.6. The Bertz CT molecular complexity index is 537. The third-order valence-corrected chi connectivity index (χ3v) is 2.19. The number of carbonyl (C=O) groups is 1. The van der Waals surface area contributed by atoms with Gasteiger partial charge in [0.2, 0.25) is 17.4 Å². The van der Waals surface area contributed by atoms with E-state index in [0.29, 0.717) is 12.4 Å². The Hall–Kier alpha value is -2.64. The van der Waals surface area contributed by atoms with Crippen LogP contribution in [0, 0.1) is 0 Å². The number of nitrogens with two attached hydrogens (primary N) is 1. The molecule has 0 aliphatic rings. The van der Waals surface area contributed by atoms with E-state index in [0.717, 1.165) is 5.56 Å². The Labute approximate surface area is 102 Å². The zero-order chi connectivity index (χ0) is 13.0. The summed E-state index contributed by atoms with van der Waals surface area (Å²) in [6.45, 7) is 0.294. The maximum atomic E-state index is 11.6. The van der Waals surface area contributed by atoms with Crippen molar-refractivity contribution in [2.24, 2.45) is 0 Å². The summed E-state index contributed by atoms with van der Waals surface area (Å²) in [5.41, 5.74) is 6.18. The third-order valence-electron chi connectivity index (χ3n) is 2.19. The first-order valence-corrected chi connectivity index (χ1v) is 5.06. The van der Waals surface area contributed by atoms with Gasteiger partial charge in [0, 0.05) is 18.8 Å². The number of hydrogen-bond donors (Lipinski definition) is 2. The highest BCUT2D eigenvalue weighted by Gasteiger charge is 2.15. The van der Waals surface area contributed by atoms with Gasteiger partial charge in [-0.05, 0) is 15.9 Å². The summed E-state index contributed by atoms with van der Waals surface area (Å²) in [7, 11) is 1.53. The predicted octanol–water partition coefficient (Wildman–Crippen LogP) is -0.0146. The van der Waals surface area contributed by atoms with Crippen molar-refractivity contribution in [1.29, 1.82) is 0 Å². The molecule has 2 aromatic heterocycles. The molecule has 0 aliphatic heterocycles. The van der Waals surface area contributed by atoms with Crippen LogP contribution in [-0.4, -0.2) is 28.3 Å². The molecular weight excluding hydrogens is 238 g/mol. The molecule has 2 rings (SSSR count). The Balaban J connectivity index is 1.95. The number of pyridine rings is 1. The van der Waals surface area contributed by atoms with Gasteiger partial charge >= 0.3 is 0 Å². The van der Waals surface area contributed by atoms with Crippen molar-refractivity contribution in [3.05, 3.63) is 29.6 Å². The number of hydrogen-bond acceptors (Lipinski definition) is 7. The molecule has 1 amide bonds. The molecule has 8 nitrogen and oxygen atoms in total. The van der Waals surface area contributed by atoms with Gasteiger partial charge in [-0.15, -0.1) is 0 Å². The van der Waals surface area contributed by atoms with Crippen molar-refractivity contribution < 1.29 is 14.2 Å². The van der Waals surface area contributed by atoms with Gasteiger partial charge in [-0.25, -0.2) is 9.61 Å². The van der Waals surface area contributed by atoms with Gasteiger partial charge in [-0.1, -0.05) is 6.07 Å². The minimum atomic E-state index is -0.454. The van der Waals surface area contributed by atoms with Gasteiger partial charge in [0.1, 0.15) is 0 Å². The standard InChI is InChI=1S/C10H11N5O3/c1-17-7-3-2-6(4-12-7)5-13-10(16)8-9(11)15-18-14-8/h2-4H,5H2,1H3,(H2,11,15)(H,13,16). The number of carbonyl (C=O) groups excluding carboxylic acids is 1. The summed E-state index contributed by atoms with van der Waals surface area (Å²) < 4.78 is 9.26. The first-order valence-electron chi connectivity index (χ1n) is 5.06. The van der Waals surface area contributed by atoms with Crippen LogP contribution in [0.2, 0.25) is 0 Å². The van der Waals surface area contributed by atoms with Gasteiger partial charge in [0.15, 0.2) is 0 Å². The molecule has 0 aliphatic carbocycles. The summed E-state index contributed by atoms with van der Waals surface area (Å²) in [5.74, 6) is 0.0138. The smallest absolute Gasteiger partial charge is 0.277 e. The molecule has 0 bridgehead atoms. The van der Waals surface area contributed by atoms with Crippen molar-refractivity contribution in [3.8, 4) is 5.88 Å². The molecule has 0 spiro atoms. The number of amides is 1. The van der Waals surface area contributed by atoms with E-state index >= 15 is 0 Å². The molecule has 18 heavy (non-hydrogen) atoms. The number of ether oxygens (including phenoxy) is 1. The lowest BCUT2D eigenvalue weighted by Crippen LogP contribution is -2.24. The lowest BCUT2D eigenvalue weighted by Gasteiger charge is -2.03. The molecule has 0 aromatic carbocycles. The normalized spacial score (nSPS) is 10.1. The van der Waals surface area contributed by atoms with Crippen LogP contribution in [0.25, 0.3) is 0 Å². The zero-order valence-corrected chi connectivity index (χ0v) is 9.58. The van der Waals surface area contributed by atoms with Crippen molar-refractivity contribution in [2.75, 3.05) is 12.8 Å². The topological polar surface area (TPSA) is 116 Å². The molecule has 2 aromatic rings. The minimum Gasteiger partial charge on any atom is -0.481 e. The zero-order valence-electron chi connectivity index (χ0n) is 9.58. The molecule has 0 saturated carbocycles. The second-order valence-corrected chi connectivity index (χ2v) is 3.39. The first kappa shape index (κ1) is 11.8. The summed E-state index contributed by atoms with van der Waals surface area (Å²) in [6.07, 6.45) is 1.60. The number of anilines is 1. The van der Waals surface area contributed by atoms with Crippen molar-refractivity contribution in [3.63, 3.8) is 0 Å². The van der Waals surface area contributed by atoms with E-state index in [2.05, 4.69) is 25.2 Å². The lowest BCUT2D eigenvalue weighted by molar-refractivity contribution is 0.0941. The van der Waals surface area contributed by atoms with Gasteiger partial charge in [0.25, 0.3) is 5.91 Å².